The lowest BCUT2D eigenvalue weighted by atomic mass is 9.95. The van der Waals surface area contributed by atoms with Gasteiger partial charge in [-0.05, 0) is 43.9 Å². The van der Waals surface area contributed by atoms with Gasteiger partial charge in [0.1, 0.15) is 0 Å². The van der Waals surface area contributed by atoms with Crippen LogP contribution in [-0.4, -0.2) is 18.0 Å². The first kappa shape index (κ1) is 10.7. The van der Waals surface area contributed by atoms with Crippen molar-refractivity contribution in [3.05, 3.63) is 12.7 Å². The number of carbonyl (C=O) groups excluding carboxylic acids is 1. The molecular formula is C12H20N2O. The van der Waals surface area contributed by atoms with E-state index in [9.17, 15) is 4.79 Å². The lowest BCUT2D eigenvalue weighted by molar-refractivity contribution is -0.123. The summed E-state index contributed by atoms with van der Waals surface area (Å²) < 4.78 is 0. The third kappa shape index (κ3) is 2.59. The second-order valence-corrected chi connectivity index (χ2v) is 4.91. The molecular weight excluding hydrogens is 188 g/mol. The van der Waals surface area contributed by atoms with Gasteiger partial charge in [-0.1, -0.05) is 6.08 Å². The van der Waals surface area contributed by atoms with Crippen LogP contribution in [0.2, 0.25) is 0 Å². The van der Waals surface area contributed by atoms with Crippen molar-refractivity contribution in [2.45, 2.75) is 44.2 Å². The quantitative estimate of drug-likeness (QED) is 0.682. The molecule has 84 valence electrons. The van der Waals surface area contributed by atoms with Crippen LogP contribution >= 0.6 is 0 Å². The van der Waals surface area contributed by atoms with E-state index in [4.69, 9.17) is 5.73 Å². The molecule has 2 aliphatic carbocycles. The Hall–Kier alpha value is -0.830. The Bertz CT molecular complexity index is 264. The molecule has 0 aromatic rings. The lowest BCUT2D eigenvalue weighted by Gasteiger charge is -2.23. The third-order valence-electron chi connectivity index (χ3n) is 3.65. The molecule has 0 aliphatic heterocycles. The summed E-state index contributed by atoms with van der Waals surface area (Å²) in [5, 5.41) is 3.05. The highest BCUT2D eigenvalue weighted by Crippen LogP contribution is 2.49. The van der Waals surface area contributed by atoms with Crippen LogP contribution in [0.25, 0.3) is 0 Å². The van der Waals surface area contributed by atoms with Crippen LogP contribution in [0.3, 0.4) is 0 Å². The van der Waals surface area contributed by atoms with Gasteiger partial charge in [0, 0.05) is 6.04 Å². The van der Waals surface area contributed by atoms with Gasteiger partial charge in [-0.25, -0.2) is 0 Å². The number of rotatable bonds is 4. The highest BCUT2D eigenvalue weighted by Gasteiger charge is 2.42. The first-order chi connectivity index (χ1) is 7.20. The predicted octanol–water partition coefficient (Wildman–Crippen LogP) is 1.19. The molecule has 2 saturated carbocycles. The summed E-state index contributed by atoms with van der Waals surface area (Å²) in [4.78, 5) is 11.6. The average Bonchev–Trinajstić information content (AvgIpc) is 2.96. The molecule has 0 aromatic heterocycles. The number of hydrogen-bond donors (Lipinski definition) is 2. The Labute approximate surface area is 91.1 Å². The fraction of sp³-hybridized carbons (Fsp3) is 0.750. The van der Waals surface area contributed by atoms with Crippen LogP contribution in [0, 0.1) is 11.8 Å². The minimum absolute atomic E-state index is 0.0148. The molecule has 4 unspecified atom stereocenters. The fourth-order valence-electron chi connectivity index (χ4n) is 2.58. The van der Waals surface area contributed by atoms with Gasteiger partial charge >= 0.3 is 0 Å². The van der Waals surface area contributed by atoms with E-state index in [0.717, 1.165) is 24.7 Å². The molecule has 4 atom stereocenters. The standard InChI is InChI=1S/C12H20N2O/c1-2-3-11(13)12(15)14-10-5-4-8-6-9(8)7-10/h2,8-11H,1,3-7,13H2,(H,14,15). The Balaban J connectivity index is 1.75. The van der Waals surface area contributed by atoms with Gasteiger partial charge in [0.2, 0.25) is 5.91 Å². The maximum absolute atomic E-state index is 11.6. The van der Waals surface area contributed by atoms with Crippen molar-refractivity contribution >= 4 is 5.91 Å². The van der Waals surface area contributed by atoms with E-state index >= 15 is 0 Å². The van der Waals surface area contributed by atoms with Crippen molar-refractivity contribution < 1.29 is 4.79 Å². The molecule has 2 fully saturated rings. The highest BCUT2D eigenvalue weighted by atomic mass is 16.2. The van der Waals surface area contributed by atoms with Gasteiger partial charge in [0.15, 0.2) is 0 Å². The van der Waals surface area contributed by atoms with Crippen LogP contribution in [0.1, 0.15) is 32.1 Å². The van der Waals surface area contributed by atoms with E-state index in [-0.39, 0.29) is 5.91 Å². The largest absolute Gasteiger partial charge is 0.352 e. The highest BCUT2D eigenvalue weighted by molar-refractivity contribution is 5.81. The number of carbonyl (C=O) groups is 1. The number of hydrogen-bond acceptors (Lipinski definition) is 2. The maximum Gasteiger partial charge on any atom is 0.237 e. The zero-order valence-electron chi connectivity index (χ0n) is 9.11. The molecule has 0 aromatic carbocycles. The second-order valence-electron chi connectivity index (χ2n) is 4.91. The molecule has 15 heavy (non-hydrogen) atoms. The summed E-state index contributed by atoms with van der Waals surface area (Å²) in [6.07, 6.45) is 7.22. The van der Waals surface area contributed by atoms with E-state index in [1.165, 1.54) is 12.8 Å². The SMILES string of the molecule is C=CCC(N)C(=O)NC1CCC2CC2C1. The minimum atomic E-state index is -0.417. The number of fused-ring (bicyclic) bond motifs is 1. The first-order valence-corrected chi connectivity index (χ1v) is 5.87. The maximum atomic E-state index is 11.6. The van der Waals surface area contributed by atoms with Gasteiger partial charge in [-0.3, -0.25) is 4.79 Å². The van der Waals surface area contributed by atoms with Crippen LogP contribution < -0.4 is 11.1 Å². The van der Waals surface area contributed by atoms with Crippen molar-refractivity contribution in [1.29, 1.82) is 0 Å². The number of nitrogens with one attached hydrogen (secondary N) is 1. The lowest BCUT2D eigenvalue weighted by Crippen LogP contribution is -2.46. The van der Waals surface area contributed by atoms with E-state index in [0.29, 0.717) is 12.5 Å². The molecule has 2 aliphatic rings. The summed E-state index contributed by atoms with van der Waals surface area (Å²) in [6.45, 7) is 3.59. The first-order valence-electron chi connectivity index (χ1n) is 5.87. The minimum Gasteiger partial charge on any atom is -0.352 e. The molecule has 0 bridgehead atoms. The Morgan fingerprint density at radius 1 is 1.47 bits per heavy atom. The van der Waals surface area contributed by atoms with Gasteiger partial charge in [0.25, 0.3) is 0 Å². The van der Waals surface area contributed by atoms with Crippen molar-refractivity contribution in [3.63, 3.8) is 0 Å². The summed E-state index contributed by atoms with van der Waals surface area (Å²) in [5.74, 6) is 1.85. The van der Waals surface area contributed by atoms with Crippen LogP contribution in [0.4, 0.5) is 0 Å². The van der Waals surface area contributed by atoms with E-state index in [1.54, 1.807) is 6.08 Å². The van der Waals surface area contributed by atoms with Crippen molar-refractivity contribution in [2.75, 3.05) is 0 Å². The molecule has 3 heteroatoms. The number of amides is 1. The van der Waals surface area contributed by atoms with Crippen LogP contribution in [-0.2, 0) is 4.79 Å². The molecule has 0 saturated heterocycles. The Morgan fingerprint density at radius 2 is 2.27 bits per heavy atom. The molecule has 3 N–H and O–H groups in total. The monoisotopic (exact) mass is 208 g/mol. The van der Waals surface area contributed by atoms with Crippen LogP contribution in [0.15, 0.2) is 12.7 Å². The average molecular weight is 208 g/mol. The van der Waals surface area contributed by atoms with Gasteiger partial charge in [0.05, 0.1) is 6.04 Å². The third-order valence-corrected chi connectivity index (χ3v) is 3.65. The van der Waals surface area contributed by atoms with E-state index in [1.807, 2.05) is 0 Å². The second kappa shape index (κ2) is 4.35. The van der Waals surface area contributed by atoms with Gasteiger partial charge < -0.3 is 11.1 Å². The van der Waals surface area contributed by atoms with Gasteiger partial charge in [-0.15, -0.1) is 6.58 Å². The zero-order chi connectivity index (χ0) is 10.8. The summed E-state index contributed by atoms with van der Waals surface area (Å²) in [6, 6.07) is -0.0449. The Morgan fingerprint density at radius 3 is 2.93 bits per heavy atom. The topological polar surface area (TPSA) is 55.1 Å². The molecule has 3 nitrogen and oxygen atoms in total. The molecule has 0 heterocycles. The molecule has 2 rings (SSSR count). The zero-order valence-corrected chi connectivity index (χ0v) is 9.11. The molecule has 0 spiro atoms. The summed E-state index contributed by atoms with van der Waals surface area (Å²) >= 11 is 0. The number of nitrogens with two attached hydrogens (primary N) is 1. The summed E-state index contributed by atoms with van der Waals surface area (Å²) in [5.41, 5.74) is 5.71. The van der Waals surface area contributed by atoms with Gasteiger partial charge in [-0.2, -0.15) is 0 Å². The van der Waals surface area contributed by atoms with E-state index in [2.05, 4.69) is 11.9 Å². The van der Waals surface area contributed by atoms with Crippen LogP contribution in [0.5, 0.6) is 0 Å². The molecule has 1 amide bonds. The smallest absolute Gasteiger partial charge is 0.237 e. The normalized spacial score (nSPS) is 35.1. The van der Waals surface area contributed by atoms with Crippen molar-refractivity contribution in [1.82, 2.24) is 5.32 Å². The van der Waals surface area contributed by atoms with Crippen molar-refractivity contribution in [2.24, 2.45) is 17.6 Å². The summed E-state index contributed by atoms with van der Waals surface area (Å²) in [7, 11) is 0. The Kier molecular flexibility index (Phi) is 3.10. The predicted molar refractivity (Wildman–Crippen MR) is 60.2 cm³/mol. The fourth-order valence-corrected chi connectivity index (χ4v) is 2.58. The van der Waals surface area contributed by atoms with Crippen molar-refractivity contribution in [3.8, 4) is 0 Å². The van der Waals surface area contributed by atoms with E-state index < -0.39 is 6.04 Å². The molecule has 0 radical (unpaired) electrons.